The van der Waals surface area contributed by atoms with Crippen LogP contribution in [0.25, 0.3) is 0 Å². The van der Waals surface area contributed by atoms with Crippen molar-refractivity contribution in [2.75, 3.05) is 5.32 Å². The molecule has 0 fully saturated rings. The number of benzene rings is 2. The molecule has 21 heavy (non-hydrogen) atoms. The van der Waals surface area contributed by atoms with Crippen LogP contribution in [0.4, 0.5) is 11.4 Å². The van der Waals surface area contributed by atoms with Gasteiger partial charge in [-0.05, 0) is 30.7 Å². The molecule has 6 nitrogen and oxygen atoms in total. The maximum atomic E-state index is 11.1. The molecule has 2 aromatic carbocycles. The van der Waals surface area contributed by atoms with E-state index in [1.165, 1.54) is 0 Å². The van der Waals surface area contributed by atoms with E-state index in [-0.39, 0.29) is 5.69 Å². The van der Waals surface area contributed by atoms with Crippen molar-refractivity contribution in [1.82, 2.24) is 0 Å². The Morgan fingerprint density at radius 1 is 1.29 bits per heavy atom. The number of nitro benzene ring substituents is 1. The summed E-state index contributed by atoms with van der Waals surface area (Å²) >= 11 is 0. The summed E-state index contributed by atoms with van der Waals surface area (Å²) in [6.07, 6.45) is 0. The van der Waals surface area contributed by atoms with Gasteiger partial charge in [0, 0.05) is 29.4 Å². The molecule has 0 aliphatic rings. The zero-order valence-corrected chi connectivity index (χ0v) is 11.5. The molecule has 0 heterocycles. The lowest BCUT2D eigenvalue weighted by molar-refractivity contribution is -0.385. The van der Waals surface area contributed by atoms with Gasteiger partial charge in [0.1, 0.15) is 0 Å². The predicted molar refractivity (Wildman–Crippen MR) is 80.1 cm³/mol. The van der Waals surface area contributed by atoms with Crippen molar-refractivity contribution in [2.45, 2.75) is 13.5 Å². The number of rotatable bonds is 5. The number of nitro groups is 1. The Balaban J connectivity index is 2.13. The Kier molecular flexibility index (Phi) is 4.18. The van der Waals surface area contributed by atoms with Crippen molar-refractivity contribution in [1.29, 1.82) is 0 Å². The largest absolute Gasteiger partial charge is 0.381 e. The second kappa shape index (κ2) is 6.04. The van der Waals surface area contributed by atoms with Gasteiger partial charge in [0.25, 0.3) is 5.69 Å². The first kappa shape index (κ1) is 14.5. The summed E-state index contributed by atoms with van der Waals surface area (Å²) in [5.74, 6) is -0.496. The van der Waals surface area contributed by atoms with E-state index in [9.17, 15) is 14.9 Å². The highest BCUT2D eigenvalue weighted by molar-refractivity contribution is 5.93. The van der Waals surface area contributed by atoms with E-state index in [2.05, 4.69) is 5.32 Å². The third-order valence-electron chi connectivity index (χ3n) is 3.11. The fraction of sp³-hybridized carbons (Fsp3) is 0.133. The van der Waals surface area contributed by atoms with Gasteiger partial charge < -0.3 is 11.1 Å². The summed E-state index contributed by atoms with van der Waals surface area (Å²) < 4.78 is 0. The van der Waals surface area contributed by atoms with Gasteiger partial charge in [-0.15, -0.1) is 0 Å². The van der Waals surface area contributed by atoms with Gasteiger partial charge in [-0.3, -0.25) is 14.9 Å². The molecule has 0 atom stereocenters. The third kappa shape index (κ3) is 3.56. The van der Waals surface area contributed by atoms with E-state index in [1.807, 2.05) is 6.07 Å². The standard InChI is InChI=1S/C15H15N3O3/c1-10-5-6-11(7-14(10)18(20)21)9-17-13-4-2-3-12(8-13)15(16)19/h2-8,17H,9H2,1H3,(H2,16,19). The molecular formula is C15H15N3O3. The van der Waals surface area contributed by atoms with Gasteiger partial charge in [-0.25, -0.2) is 0 Å². The summed E-state index contributed by atoms with van der Waals surface area (Å²) in [5, 5.41) is 14.0. The topological polar surface area (TPSA) is 98.3 Å². The van der Waals surface area contributed by atoms with Gasteiger partial charge >= 0.3 is 0 Å². The molecule has 2 rings (SSSR count). The van der Waals surface area contributed by atoms with Crippen molar-refractivity contribution >= 4 is 17.3 Å². The van der Waals surface area contributed by atoms with Crippen LogP contribution in [0.1, 0.15) is 21.5 Å². The molecule has 0 bridgehead atoms. The Bertz CT molecular complexity index is 698. The molecule has 0 aromatic heterocycles. The minimum absolute atomic E-state index is 0.0974. The average Bonchev–Trinajstić information content (AvgIpc) is 2.46. The maximum absolute atomic E-state index is 11.1. The lowest BCUT2D eigenvalue weighted by Gasteiger charge is -2.08. The molecule has 0 saturated heterocycles. The van der Waals surface area contributed by atoms with E-state index in [1.54, 1.807) is 43.3 Å². The Morgan fingerprint density at radius 3 is 2.71 bits per heavy atom. The van der Waals surface area contributed by atoms with Gasteiger partial charge in [-0.1, -0.05) is 18.2 Å². The summed E-state index contributed by atoms with van der Waals surface area (Å²) in [4.78, 5) is 21.6. The minimum atomic E-state index is -0.496. The molecule has 0 spiro atoms. The highest BCUT2D eigenvalue weighted by Crippen LogP contribution is 2.20. The number of nitrogens with one attached hydrogen (secondary N) is 1. The van der Waals surface area contributed by atoms with Crippen LogP contribution in [-0.4, -0.2) is 10.8 Å². The second-order valence-corrected chi connectivity index (χ2v) is 4.68. The smallest absolute Gasteiger partial charge is 0.272 e. The fourth-order valence-electron chi connectivity index (χ4n) is 1.95. The van der Waals surface area contributed by atoms with Crippen LogP contribution in [0.5, 0.6) is 0 Å². The SMILES string of the molecule is Cc1ccc(CNc2cccc(C(N)=O)c2)cc1[N+](=O)[O-]. The number of carbonyl (C=O) groups is 1. The van der Waals surface area contributed by atoms with E-state index >= 15 is 0 Å². The zero-order valence-electron chi connectivity index (χ0n) is 11.5. The Labute approximate surface area is 121 Å². The normalized spacial score (nSPS) is 10.1. The van der Waals surface area contributed by atoms with Crippen molar-refractivity contribution in [2.24, 2.45) is 5.73 Å². The average molecular weight is 285 g/mol. The van der Waals surface area contributed by atoms with Crippen molar-refractivity contribution in [3.63, 3.8) is 0 Å². The molecule has 0 unspecified atom stereocenters. The van der Waals surface area contributed by atoms with Crippen LogP contribution in [0.15, 0.2) is 42.5 Å². The van der Waals surface area contributed by atoms with Gasteiger partial charge in [0.15, 0.2) is 0 Å². The first-order chi connectivity index (χ1) is 9.97. The minimum Gasteiger partial charge on any atom is -0.381 e. The molecule has 108 valence electrons. The van der Waals surface area contributed by atoms with E-state index in [0.29, 0.717) is 17.7 Å². The zero-order chi connectivity index (χ0) is 15.4. The number of anilines is 1. The van der Waals surface area contributed by atoms with Crippen LogP contribution >= 0.6 is 0 Å². The molecular weight excluding hydrogens is 270 g/mol. The van der Waals surface area contributed by atoms with Crippen molar-refractivity contribution in [3.8, 4) is 0 Å². The number of nitrogens with two attached hydrogens (primary N) is 1. The monoisotopic (exact) mass is 285 g/mol. The second-order valence-electron chi connectivity index (χ2n) is 4.68. The van der Waals surface area contributed by atoms with Crippen LogP contribution in [0, 0.1) is 17.0 Å². The van der Waals surface area contributed by atoms with Crippen LogP contribution in [0.3, 0.4) is 0 Å². The number of aryl methyl sites for hydroxylation is 1. The first-order valence-corrected chi connectivity index (χ1v) is 6.35. The molecule has 6 heteroatoms. The number of hydrogen-bond donors (Lipinski definition) is 2. The number of carbonyl (C=O) groups excluding carboxylic acids is 1. The molecule has 0 radical (unpaired) electrons. The fourth-order valence-corrected chi connectivity index (χ4v) is 1.95. The Morgan fingerprint density at radius 2 is 2.05 bits per heavy atom. The lowest BCUT2D eigenvalue weighted by atomic mass is 10.1. The van der Waals surface area contributed by atoms with Crippen LogP contribution < -0.4 is 11.1 Å². The van der Waals surface area contributed by atoms with Crippen molar-refractivity contribution < 1.29 is 9.72 Å². The number of nitrogens with zero attached hydrogens (tertiary/aromatic N) is 1. The van der Waals surface area contributed by atoms with Gasteiger partial charge in [0.2, 0.25) is 5.91 Å². The molecule has 0 aliphatic heterocycles. The number of hydrogen-bond acceptors (Lipinski definition) is 4. The van der Waals surface area contributed by atoms with E-state index in [4.69, 9.17) is 5.73 Å². The summed E-state index contributed by atoms with van der Waals surface area (Å²) in [7, 11) is 0. The number of amides is 1. The van der Waals surface area contributed by atoms with E-state index in [0.717, 1.165) is 11.3 Å². The molecule has 0 aliphatic carbocycles. The maximum Gasteiger partial charge on any atom is 0.272 e. The van der Waals surface area contributed by atoms with Crippen LogP contribution in [-0.2, 0) is 6.54 Å². The molecule has 0 saturated carbocycles. The van der Waals surface area contributed by atoms with Gasteiger partial charge in [-0.2, -0.15) is 0 Å². The number of primary amides is 1. The highest BCUT2D eigenvalue weighted by atomic mass is 16.6. The highest BCUT2D eigenvalue weighted by Gasteiger charge is 2.10. The summed E-state index contributed by atoms with van der Waals surface area (Å²) in [6, 6.07) is 11.9. The molecule has 1 amide bonds. The summed E-state index contributed by atoms with van der Waals surface area (Å²) in [5.41, 5.74) is 7.87. The first-order valence-electron chi connectivity index (χ1n) is 6.35. The Hall–Kier alpha value is -2.89. The lowest BCUT2D eigenvalue weighted by Crippen LogP contribution is -2.11. The molecule has 3 N–H and O–H groups in total. The predicted octanol–water partition coefficient (Wildman–Crippen LogP) is 2.61. The molecule has 2 aromatic rings. The van der Waals surface area contributed by atoms with Crippen molar-refractivity contribution in [3.05, 3.63) is 69.3 Å². The van der Waals surface area contributed by atoms with Crippen LogP contribution in [0.2, 0.25) is 0 Å². The third-order valence-corrected chi connectivity index (χ3v) is 3.11. The van der Waals surface area contributed by atoms with E-state index < -0.39 is 10.8 Å². The summed E-state index contributed by atoms with van der Waals surface area (Å²) in [6.45, 7) is 2.12. The van der Waals surface area contributed by atoms with Gasteiger partial charge in [0.05, 0.1) is 4.92 Å². The quantitative estimate of drug-likeness (QED) is 0.651.